The predicted molar refractivity (Wildman–Crippen MR) is 67.2 cm³/mol. The quantitative estimate of drug-likeness (QED) is 0.605. The first-order valence-corrected chi connectivity index (χ1v) is 5.63. The monoisotopic (exact) mass is 261 g/mol. The van der Waals surface area contributed by atoms with Crippen molar-refractivity contribution in [3.63, 3.8) is 0 Å². The summed E-state index contributed by atoms with van der Waals surface area (Å²) in [6.45, 7) is 0.935. The summed E-state index contributed by atoms with van der Waals surface area (Å²) < 4.78 is 13.4. The van der Waals surface area contributed by atoms with Crippen molar-refractivity contribution in [1.82, 2.24) is 15.0 Å². The minimum atomic E-state index is -0.824. The third kappa shape index (κ3) is 3.08. The van der Waals surface area contributed by atoms with Crippen LogP contribution in [0.2, 0.25) is 0 Å². The van der Waals surface area contributed by atoms with Gasteiger partial charge in [0.15, 0.2) is 0 Å². The van der Waals surface area contributed by atoms with Gasteiger partial charge in [0.05, 0.1) is 18.0 Å². The Morgan fingerprint density at radius 2 is 2.26 bits per heavy atom. The van der Waals surface area contributed by atoms with Gasteiger partial charge in [0.1, 0.15) is 11.5 Å². The first-order valence-electron chi connectivity index (χ1n) is 5.63. The Kier molecular flexibility index (Phi) is 4.09. The molecule has 2 aromatic heterocycles. The molecule has 98 valence electrons. The molecule has 0 fully saturated rings. The number of hydrogen-bond acceptors (Lipinski definition) is 6. The number of hydrogen-bond donors (Lipinski definition) is 2. The summed E-state index contributed by atoms with van der Waals surface area (Å²) in [5.74, 6) is -0.968. The van der Waals surface area contributed by atoms with Crippen LogP contribution in [-0.4, -0.2) is 33.8 Å². The summed E-state index contributed by atoms with van der Waals surface area (Å²) in [6.07, 6.45) is 4.02. The van der Waals surface area contributed by atoms with Gasteiger partial charge in [-0.25, -0.2) is 9.97 Å². The molecular weight excluding hydrogens is 249 g/mol. The molecule has 0 aromatic carbocycles. The maximum Gasteiger partial charge on any atom is 0.224 e. The van der Waals surface area contributed by atoms with E-state index < -0.39 is 11.7 Å². The van der Waals surface area contributed by atoms with E-state index in [9.17, 15) is 9.18 Å². The molecule has 0 radical (unpaired) electrons. The first-order chi connectivity index (χ1) is 9.22. The van der Waals surface area contributed by atoms with Gasteiger partial charge in [-0.15, -0.1) is 0 Å². The standard InChI is InChI=1S/C12H12FN5O/c13-12-8(2-1-4-17-12)11(19)9-6-15-7-10(18-9)16-5-3-14/h1-2,4,6-7H,3,5,14H2,(H,16,18). The molecule has 7 heteroatoms. The number of halogens is 1. The maximum absolute atomic E-state index is 13.4. The summed E-state index contributed by atoms with van der Waals surface area (Å²) in [5, 5.41) is 2.90. The molecule has 0 saturated heterocycles. The Hall–Kier alpha value is -2.41. The third-order valence-corrected chi connectivity index (χ3v) is 2.32. The molecule has 0 bridgehead atoms. The van der Waals surface area contributed by atoms with E-state index in [0.717, 1.165) is 0 Å². The lowest BCUT2D eigenvalue weighted by molar-refractivity contribution is 0.102. The maximum atomic E-state index is 13.4. The van der Waals surface area contributed by atoms with Gasteiger partial charge in [0.2, 0.25) is 11.7 Å². The van der Waals surface area contributed by atoms with Crippen LogP contribution in [0.1, 0.15) is 16.1 Å². The van der Waals surface area contributed by atoms with Crippen molar-refractivity contribution >= 4 is 11.6 Å². The molecule has 6 nitrogen and oxygen atoms in total. The molecule has 0 aliphatic rings. The highest BCUT2D eigenvalue weighted by Gasteiger charge is 2.16. The second-order valence-corrected chi connectivity index (χ2v) is 3.68. The summed E-state index contributed by atoms with van der Waals surface area (Å²) >= 11 is 0. The van der Waals surface area contributed by atoms with Gasteiger partial charge in [-0.05, 0) is 12.1 Å². The number of carbonyl (C=O) groups excluding carboxylic acids is 1. The molecule has 3 N–H and O–H groups in total. The number of nitrogens with zero attached hydrogens (tertiary/aromatic N) is 3. The fraction of sp³-hybridized carbons (Fsp3) is 0.167. The van der Waals surface area contributed by atoms with E-state index in [-0.39, 0.29) is 11.3 Å². The van der Waals surface area contributed by atoms with Gasteiger partial charge in [-0.1, -0.05) is 0 Å². The molecule has 0 aliphatic carbocycles. The zero-order valence-electron chi connectivity index (χ0n) is 10.0. The van der Waals surface area contributed by atoms with E-state index in [4.69, 9.17) is 5.73 Å². The number of pyridine rings is 1. The average molecular weight is 261 g/mol. The molecule has 2 aromatic rings. The van der Waals surface area contributed by atoms with Crippen molar-refractivity contribution in [3.05, 3.63) is 47.9 Å². The zero-order valence-corrected chi connectivity index (χ0v) is 10.0. The number of ketones is 1. The van der Waals surface area contributed by atoms with Crippen LogP contribution >= 0.6 is 0 Å². The highest BCUT2D eigenvalue weighted by Crippen LogP contribution is 2.11. The van der Waals surface area contributed by atoms with Crippen LogP contribution in [-0.2, 0) is 0 Å². The van der Waals surface area contributed by atoms with Crippen LogP contribution < -0.4 is 11.1 Å². The molecule has 0 saturated carbocycles. The Labute approximate surface area is 108 Å². The summed E-state index contributed by atoms with van der Waals surface area (Å²) in [4.78, 5) is 23.4. The first kappa shape index (κ1) is 13.0. The number of anilines is 1. The lowest BCUT2D eigenvalue weighted by Crippen LogP contribution is -2.15. The Balaban J connectivity index is 2.27. The average Bonchev–Trinajstić information content (AvgIpc) is 2.45. The second-order valence-electron chi connectivity index (χ2n) is 3.68. The summed E-state index contributed by atoms with van der Waals surface area (Å²) in [5.41, 5.74) is 5.27. The molecule has 0 aliphatic heterocycles. The lowest BCUT2D eigenvalue weighted by Gasteiger charge is -2.05. The number of carbonyl (C=O) groups is 1. The van der Waals surface area contributed by atoms with E-state index in [0.29, 0.717) is 18.9 Å². The minimum absolute atomic E-state index is 0.0499. The van der Waals surface area contributed by atoms with Gasteiger partial charge in [0.25, 0.3) is 0 Å². The molecule has 2 heterocycles. The van der Waals surface area contributed by atoms with Gasteiger partial charge in [-0.3, -0.25) is 9.78 Å². The fourth-order valence-electron chi connectivity index (χ4n) is 1.45. The lowest BCUT2D eigenvalue weighted by atomic mass is 10.1. The minimum Gasteiger partial charge on any atom is -0.368 e. The van der Waals surface area contributed by atoms with E-state index in [1.54, 1.807) is 0 Å². The normalized spacial score (nSPS) is 10.2. The number of aromatic nitrogens is 3. The molecular formula is C12H12FN5O. The fourth-order valence-corrected chi connectivity index (χ4v) is 1.45. The van der Waals surface area contributed by atoms with E-state index in [2.05, 4.69) is 20.3 Å². The van der Waals surface area contributed by atoms with Crippen LogP contribution in [0.3, 0.4) is 0 Å². The largest absolute Gasteiger partial charge is 0.368 e. The van der Waals surface area contributed by atoms with Crippen LogP contribution in [0.25, 0.3) is 0 Å². The Bertz CT molecular complexity index is 590. The van der Waals surface area contributed by atoms with Crippen molar-refractivity contribution in [2.24, 2.45) is 5.73 Å². The highest BCUT2D eigenvalue weighted by molar-refractivity contribution is 6.07. The highest BCUT2D eigenvalue weighted by atomic mass is 19.1. The summed E-state index contributed by atoms with van der Waals surface area (Å²) in [7, 11) is 0. The summed E-state index contributed by atoms with van der Waals surface area (Å²) in [6, 6.07) is 2.84. The van der Waals surface area contributed by atoms with Crippen LogP contribution in [0, 0.1) is 5.95 Å². The Morgan fingerprint density at radius 1 is 1.42 bits per heavy atom. The van der Waals surface area contributed by atoms with Gasteiger partial charge in [0, 0.05) is 19.3 Å². The molecule has 0 atom stereocenters. The second kappa shape index (κ2) is 5.96. The SMILES string of the molecule is NCCNc1cncc(C(=O)c2cccnc2F)n1. The van der Waals surface area contributed by atoms with Crippen molar-refractivity contribution in [3.8, 4) is 0 Å². The smallest absolute Gasteiger partial charge is 0.224 e. The number of nitrogens with one attached hydrogen (secondary N) is 1. The van der Waals surface area contributed by atoms with Crippen molar-refractivity contribution < 1.29 is 9.18 Å². The molecule has 2 rings (SSSR count). The number of nitrogens with two attached hydrogens (primary N) is 1. The van der Waals surface area contributed by atoms with Gasteiger partial charge < -0.3 is 11.1 Å². The van der Waals surface area contributed by atoms with Gasteiger partial charge in [-0.2, -0.15) is 4.39 Å². The molecule has 0 unspecified atom stereocenters. The van der Waals surface area contributed by atoms with E-state index >= 15 is 0 Å². The van der Waals surface area contributed by atoms with E-state index in [1.807, 2.05) is 0 Å². The van der Waals surface area contributed by atoms with Crippen molar-refractivity contribution in [2.75, 3.05) is 18.4 Å². The third-order valence-electron chi connectivity index (χ3n) is 2.32. The van der Waals surface area contributed by atoms with Crippen molar-refractivity contribution in [2.45, 2.75) is 0 Å². The predicted octanol–water partition coefficient (Wildman–Crippen LogP) is 0.612. The molecule has 0 amide bonds. The van der Waals surface area contributed by atoms with Crippen LogP contribution in [0.5, 0.6) is 0 Å². The Morgan fingerprint density at radius 3 is 3.00 bits per heavy atom. The van der Waals surface area contributed by atoms with Crippen LogP contribution in [0.15, 0.2) is 30.7 Å². The molecule has 0 spiro atoms. The van der Waals surface area contributed by atoms with E-state index in [1.165, 1.54) is 30.7 Å². The van der Waals surface area contributed by atoms with Crippen LogP contribution in [0.4, 0.5) is 10.2 Å². The molecule has 19 heavy (non-hydrogen) atoms. The zero-order chi connectivity index (χ0) is 13.7. The topological polar surface area (TPSA) is 93.8 Å². The number of rotatable bonds is 5. The van der Waals surface area contributed by atoms with Crippen molar-refractivity contribution in [1.29, 1.82) is 0 Å². The van der Waals surface area contributed by atoms with Gasteiger partial charge >= 0.3 is 0 Å².